The Labute approximate surface area is 109 Å². The smallest absolute Gasteiger partial charge is 0.320 e. The van der Waals surface area contributed by atoms with Crippen molar-refractivity contribution in [3.63, 3.8) is 0 Å². The summed E-state index contributed by atoms with van der Waals surface area (Å²) in [6, 6.07) is 0.210. The number of carbonyl (C=O) groups is 1. The molecule has 0 saturated heterocycles. The molecule has 0 amide bonds. The summed E-state index contributed by atoms with van der Waals surface area (Å²) >= 11 is 0. The van der Waals surface area contributed by atoms with Crippen LogP contribution in [0.2, 0.25) is 0 Å². The maximum absolute atomic E-state index is 11.5. The summed E-state index contributed by atoms with van der Waals surface area (Å²) in [7, 11) is 0. The van der Waals surface area contributed by atoms with Crippen LogP contribution in [0.15, 0.2) is 0 Å². The molecule has 0 aliphatic heterocycles. The fraction of sp³-hybridized carbons (Fsp3) is 0.933. The van der Waals surface area contributed by atoms with Crippen molar-refractivity contribution in [3.8, 4) is 0 Å². The first-order valence-electron chi connectivity index (χ1n) is 7.73. The van der Waals surface area contributed by atoms with Crippen molar-refractivity contribution in [2.45, 2.75) is 69.9 Å². The van der Waals surface area contributed by atoms with Crippen LogP contribution < -0.4 is 5.32 Å². The van der Waals surface area contributed by atoms with Crippen LogP contribution in [0, 0.1) is 17.8 Å². The van der Waals surface area contributed by atoms with Crippen molar-refractivity contribution < 1.29 is 9.90 Å². The number of aliphatic carboxylic acids is 1. The van der Waals surface area contributed by atoms with Gasteiger partial charge in [0.15, 0.2) is 0 Å². The first-order valence-corrected chi connectivity index (χ1v) is 7.73. The SMILES string of the molecule is O=C(O)C(NC1CC2CCC1C2)C1CCCCC1. The molecule has 2 bridgehead atoms. The van der Waals surface area contributed by atoms with Crippen molar-refractivity contribution in [1.82, 2.24) is 5.32 Å². The van der Waals surface area contributed by atoms with E-state index in [1.165, 1.54) is 44.9 Å². The second-order valence-corrected chi connectivity index (χ2v) is 6.66. The van der Waals surface area contributed by atoms with Crippen LogP contribution in [0.25, 0.3) is 0 Å². The van der Waals surface area contributed by atoms with Crippen molar-refractivity contribution >= 4 is 5.97 Å². The van der Waals surface area contributed by atoms with Gasteiger partial charge in [0.1, 0.15) is 6.04 Å². The Balaban J connectivity index is 1.61. The van der Waals surface area contributed by atoms with Crippen molar-refractivity contribution in [2.75, 3.05) is 0 Å². The van der Waals surface area contributed by atoms with Crippen LogP contribution >= 0.6 is 0 Å². The molecule has 3 nitrogen and oxygen atoms in total. The van der Waals surface area contributed by atoms with Crippen molar-refractivity contribution in [2.24, 2.45) is 17.8 Å². The molecule has 0 aromatic carbocycles. The van der Waals surface area contributed by atoms with Gasteiger partial charge in [-0.15, -0.1) is 0 Å². The molecule has 0 radical (unpaired) electrons. The van der Waals surface area contributed by atoms with E-state index in [9.17, 15) is 9.90 Å². The lowest BCUT2D eigenvalue weighted by molar-refractivity contribution is -0.141. The highest BCUT2D eigenvalue weighted by Crippen LogP contribution is 2.45. The predicted molar refractivity (Wildman–Crippen MR) is 70.4 cm³/mol. The maximum Gasteiger partial charge on any atom is 0.320 e. The first-order chi connectivity index (χ1) is 8.74. The fourth-order valence-corrected chi connectivity index (χ4v) is 4.56. The lowest BCUT2D eigenvalue weighted by Crippen LogP contribution is -2.50. The van der Waals surface area contributed by atoms with E-state index in [1.807, 2.05) is 0 Å². The molecule has 3 aliphatic rings. The van der Waals surface area contributed by atoms with E-state index in [0.29, 0.717) is 12.0 Å². The Kier molecular flexibility index (Phi) is 3.60. The van der Waals surface area contributed by atoms with Crippen LogP contribution in [0.3, 0.4) is 0 Å². The third kappa shape index (κ3) is 2.42. The third-order valence-electron chi connectivity index (χ3n) is 5.52. The third-order valence-corrected chi connectivity index (χ3v) is 5.52. The average molecular weight is 251 g/mol. The molecule has 18 heavy (non-hydrogen) atoms. The zero-order valence-electron chi connectivity index (χ0n) is 11.1. The molecule has 0 aromatic rings. The van der Waals surface area contributed by atoms with Gasteiger partial charge in [0.05, 0.1) is 0 Å². The van der Waals surface area contributed by atoms with Crippen LogP contribution in [-0.4, -0.2) is 23.2 Å². The second-order valence-electron chi connectivity index (χ2n) is 6.66. The van der Waals surface area contributed by atoms with Crippen molar-refractivity contribution in [3.05, 3.63) is 0 Å². The number of carboxylic acids is 1. The number of hydrogen-bond donors (Lipinski definition) is 2. The lowest BCUT2D eigenvalue weighted by Gasteiger charge is -2.33. The lowest BCUT2D eigenvalue weighted by atomic mass is 9.83. The highest BCUT2D eigenvalue weighted by molar-refractivity contribution is 5.74. The molecule has 102 valence electrons. The van der Waals surface area contributed by atoms with Gasteiger partial charge in [-0.05, 0) is 49.9 Å². The Morgan fingerprint density at radius 2 is 1.83 bits per heavy atom. The maximum atomic E-state index is 11.5. The zero-order valence-corrected chi connectivity index (χ0v) is 11.1. The van der Waals surface area contributed by atoms with Crippen molar-refractivity contribution in [1.29, 1.82) is 0 Å². The molecule has 3 saturated carbocycles. The van der Waals surface area contributed by atoms with Gasteiger partial charge in [-0.3, -0.25) is 4.79 Å². The number of fused-ring (bicyclic) bond motifs is 2. The molecule has 3 heteroatoms. The van der Waals surface area contributed by atoms with E-state index >= 15 is 0 Å². The second kappa shape index (κ2) is 5.20. The van der Waals surface area contributed by atoms with Gasteiger partial charge in [-0.2, -0.15) is 0 Å². The van der Waals surface area contributed by atoms with E-state index in [2.05, 4.69) is 5.32 Å². The van der Waals surface area contributed by atoms with Gasteiger partial charge in [0, 0.05) is 6.04 Å². The van der Waals surface area contributed by atoms with Gasteiger partial charge in [-0.1, -0.05) is 25.7 Å². The highest BCUT2D eigenvalue weighted by atomic mass is 16.4. The van der Waals surface area contributed by atoms with E-state index in [0.717, 1.165) is 24.7 Å². The number of nitrogens with one attached hydrogen (secondary N) is 1. The molecule has 0 aromatic heterocycles. The minimum absolute atomic E-state index is 0.283. The van der Waals surface area contributed by atoms with Gasteiger partial charge in [0.25, 0.3) is 0 Å². The van der Waals surface area contributed by atoms with E-state index in [4.69, 9.17) is 0 Å². The molecule has 3 fully saturated rings. The average Bonchev–Trinajstić information content (AvgIpc) is 2.98. The summed E-state index contributed by atoms with van der Waals surface area (Å²) < 4.78 is 0. The minimum atomic E-state index is -0.621. The Hall–Kier alpha value is -0.570. The summed E-state index contributed by atoms with van der Waals surface area (Å²) in [6.45, 7) is 0. The number of carboxylic acid groups (broad SMARTS) is 1. The summed E-state index contributed by atoms with van der Waals surface area (Å²) in [5.74, 6) is 1.40. The minimum Gasteiger partial charge on any atom is -0.480 e. The van der Waals surface area contributed by atoms with E-state index < -0.39 is 5.97 Å². The van der Waals surface area contributed by atoms with Crippen LogP contribution in [0.1, 0.15) is 57.8 Å². The summed E-state index contributed by atoms with van der Waals surface area (Å²) in [6.07, 6.45) is 11.2. The van der Waals surface area contributed by atoms with Crippen LogP contribution in [-0.2, 0) is 4.79 Å². The zero-order chi connectivity index (χ0) is 12.5. The molecular weight excluding hydrogens is 226 g/mol. The topological polar surface area (TPSA) is 49.3 Å². The predicted octanol–water partition coefficient (Wildman–Crippen LogP) is 2.80. The number of hydrogen-bond acceptors (Lipinski definition) is 2. The fourth-order valence-electron chi connectivity index (χ4n) is 4.56. The summed E-state index contributed by atoms with van der Waals surface area (Å²) in [5.41, 5.74) is 0. The standard InChI is InChI=1S/C15H25NO2/c17-15(18)14(11-4-2-1-3-5-11)16-13-9-10-6-7-12(13)8-10/h10-14,16H,1-9H2,(H,17,18). The molecule has 0 heterocycles. The molecule has 0 spiro atoms. The Bertz CT molecular complexity index is 312. The Morgan fingerprint density at radius 1 is 1.06 bits per heavy atom. The van der Waals surface area contributed by atoms with E-state index in [1.54, 1.807) is 0 Å². The molecule has 3 aliphatic carbocycles. The Morgan fingerprint density at radius 3 is 2.39 bits per heavy atom. The molecular formula is C15H25NO2. The van der Waals surface area contributed by atoms with Gasteiger partial charge < -0.3 is 10.4 Å². The van der Waals surface area contributed by atoms with Crippen LogP contribution in [0.4, 0.5) is 0 Å². The summed E-state index contributed by atoms with van der Waals surface area (Å²) in [5, 5.41) is 13.0. The highest BCUT2D eigenvalue weighted by Gasteiger charge is 2.42. The van der Waals surface area contributed by atoms with E-state index in [-0.39, 0.29) is 6.04 Å². The molecule has 4 atom stereocenters. The molecule has 3 rings (SSSR count). The quantitative estimate of drug-likeness (QED) is 0.807. The molecule has 2 N–H and O–H groups in total. The number of rotatable bonds is 4. The van der Waals surface area contributed by atoms with Gasteiger partial charge in [-0.25, -0.2) is 0 Å². The monoisotopic (exact) mass is 251 g/mol. The van der Waals surface area contributed by atoms with Gasteiger partial charge >= 0.3 is 5.97 Å². The first kappa shape index (κ1) is 12.5. The molecule has 4 unspecified atom stereocenters. The van der Waals surface area contributed by atoms with Gasteiger partial charge in [0.2, 0.25) is 0 Å². The summed E-state index contributed by atoms with van der Waals surface area (Å²) in [4.78, 5) is 11.5. The normalized spacial score (nSPS) is 37.9. The van der Waals surface area contributed by atoms with Crippen LogP contribution in [0.5, 0.6) is 0 Å². The largest absolute Gasteiger partial charge is 0.480 e.